The fourth-order valence-corrected chi connectivity index (χ4v) is 2.05. The summed E-state index contributed by atoms with van der Waals surface area (Å²) in [5.41, 5.74) is 0.323. The molecule has 0 amide bonds. The molecule has 1 fully saturated rings. The Labute approximate surface area is 105 Å². The molecule has 0 radical (unpaired) electrons. The van der Waals surface area contributed by atoms with Gasteiger partial charge in [0.15, 0.2) is 6.29 Å². The summed E-state index contributed by atoms with van der Waals surface area (Å²) in [7, 11) is 0. The molecule has 0 bridgehead atoms. The van der Waals surface area contributed by atoms with Gasteiger partial charge < -0.3 is 10.1 Å². The van der Waals surface area contributed by atoms with Crippen LogP contribution in [0.5, 0.6) is 0 Å². The Hall–Kier alpha value is -1.20. The largest absolute Gasteiger partial charge is 0.381 e. The summed E-state index contributed by atoms with van der Waals surface area (Å²) < 4.78 is 5.27. The van der Waals surface area contributed by atoms with Crippen LogP contribution in [0.1, 0.15) is 29.0 Å². The van der Waals surface area contributed by atoms with Crippen molar-refractivity contribution >= 4 is 23.7 Å². The molecule has 5 nitrogen and oxygen atoms in total. The van der Waals surface area contributed by atoms with Crippen LogP contribution < -0.4 is 5.32 Å². The molecule has 92 valence electrons. The first-order chi connectivity index (χ1) is 8.20. The van der Waals surface area contributed by atoms with Gasteiger partial charge in [-0.1, -0.05) is 11.6 Å². The van der Waals surface area contributed by atoms with Crippen LogP contribution in [0.25, 0.3) is 0 Å². The van der Waals surface area contributed by atoms with Crippen LogP contribution >= 0.6 is 11.6 Å². The standard InChI is InChI=1S/C11H14ClN3O2/c1-7-13-10(12)9(6-16)11(14-7)15-8-2-4-17-5-3-8/h6,8H,2-5H2,1H3,(H,13,14,15). The second-order valence-electron chi connectivity index (χ2n) is 3.97. The first kappa shape index (κ1) is 12.3. The molecular weight excluding hydrogens is 242 g/mol. The molecule has 0 aromatic carbocycles. The molecule has 1 saturated heterocycles. The number of anilines is 1. The number of halogens is 1. The molecule has 0 aliphatic carbocycles. The highest BCUT2D eigenvalue weighted by Crippen LogP contribution is 2.21. The molecule has 0 spiro atoms. The van der Waals surface area contributed by atoms with E-state index < -0.39 is 0 Å². The number of nitrogens with zero attached hydrogens (tertiary/aromatic N) is 2. The first-order valence-corrected chi connectivity index (χ1v) is 5.92. The van der Waals surface area contributed by atoms with Gasteiger partial charge in [-0.25, -0.2) is 9.97 Å². The van der Waals surface area contributed by atoms with Crippen molar-refractivity contribution in [3.63, 3.8) is 0 Å². The number of aryl methyl sites for hydroxylation is 1. The molecule has 0 unspecified atom stereocenters. The summed E-state index contributed by atoms with van der Waals surface area (Å²) in [5, 5.41) is 3.43. The van der Waals surface area contributed by atoms with Crippen LogP contribution in [0.3, 0.4) is 0 Å². The van der Waals surface area contributed by atoms with Crippen molar-refractivity contribution in [1.82, 2.24) is 9.97 Å². The van der Waals surface area contributed by atoms with Crippen LogP contribution in [-0.4, -0.2) is 35.5 Å². The maximum atomic E-state index is 11.0. The Bertz CT molecular complexity index is 419. The van der Waals surface area contributed by atoms with E-state index in [2.05, 4.69) is 15.3 Å². The van der Waals surface area contributed by atoms with E-state index in [1.807, 2.05) is 0 Å². The molecular formula is C11H14ClN3O2. The number of hydrogen-bond donors (Lipinski definition) is 1. The van der Waals surface area contributed by atoms with Crippen molar-refractivity contribution in [2.45, 2.75) is 25.8 Å². The molecule has 0 saturated carbocycles. The number of aromatic nitrogens is 2. The Morgan fingerprint density at radius 1 is 1.41 bits per heavy atom. The summed E-state index contributed by atoms with van der Waals surface area (Å²) >= 11 is 5.91. The Balaban J connectivity index is 2.21. The molecule has 2 heterocycles. The predicted octanol–water partition coefficient (Wildman–Crippen LogP) is 1.84. The average molecular weight is 256 g/mol. The fraction of sp³-hybridized carbons (Fsp3) is 0.545. The lowest BCUT2D eigenvalue weighted by molar-refractivity contribution is 0.0903. The topological polar surface area (TPSA) is 64.1 Å². The lowest BCUT2D eigenvalue weighted by atomic mass is 10.1. The Morgan fingerprint density at radius 2 is 2.12 bits per heavy atom. The maximum absolute atomic E-state index is 11.0. The van der Waals surface area contributed by atoms with E-state index >= 15 is 0 Å². The molecule has 1 aliphatic heterocycles. The van der Waals surface area contributed by atoms with Crippen LogP contribution in [0.15, 0.2) is 0 Å². The third-order valence-electron chi connectivity index (χ3n) is 2.69. The van der Waals surface area contributed by atoms with E-state index in [4.69, 9.17) is 16.3 Å². The first-order valence-electron chi connectivity index (χ1n) is 5.54. The van der Waals surface area contributed by atoms with Gasteiger partial charge in [-0.15, -0.1) is 0 Å². The minimum atomic E-state index is 0.196. The Kier molecular flexibility index (Phi) is 3.91. The average Bonchev–Trinajstić information content (AvgIpc) is 2.30. The molecule has 1 N–H and O–H groups in total. The van der Waals surface area contributed by atoms with Gasteiger partial charge in [0.25, 0.3) is 0 Å². The number of carbonyl (C=O) groups excluding carboxylic acids is 1. The van der Waals surface area contributed by atoms with Gasteiger partial charge in [-0.2, -0.15) is 0 Å². The van der Waals surface area contributed by atoms with Crippen molar-refractivity contribution in [2.24, 2.45) is 0 Å². The van der Waals surface area contributed by atoms with Gasteiger partial charge in [0, 0.05) is 19.3 Å². The van der Waals surface area contributed by atoms with Gasteiger partial charge in [0.05, 0.1) is 5.56 Å². The highest BCUT2D eigenvalue weighted by atomic mass is 35.5. The monoisotopic (exact) mass is 255 g/mol. The smallest absolute Gasteiger partial charge is 0.156 e. The van der Waals surface area contributed by atoms with E-state index in [9.17, 15) is 4.79 Å². The predicted molar refractivity (Wildman–Crippen MR) is 64.6 cm³/mol. The quantitative estimate of drug-likeness (QED) is 0.660. The number of carbonyl (C=O) groups is 1. The van der Waals surface area contributed by atoms with E-state index in [1.54, 1.807) is 6.92 Å². The van der Waals surface area contributed by atoms with Crippen LogP contribution in [-0.2, 0) is 4.74 Å². The highest BCUT2D eigenvalue weighted by Gasteiger charge is 2.17. The van der Waals surface area contributed by atoms with Gasteiger partial charge in [-0.05, 0) is 19.8 Å². The van der Waals surface area contributed by atoms with E-state index in [1.165, 1.54) is 0 Å². The van der Waals surface area contributed by atoms with Crippen molar-refractivity contribution < 1.29 is 9.53 Å². The molecule has 2 rings (SSSR count). The van der Waals surface area contributed by atoms with Crippen molar-refractivity contribution in [2.75, 3.05) is 18.5 Å². The second-order valence-corrected chi connectivity index (χ2v) is 4.33. The van der Waals surface area contributed by atoms with Crippen LogP contribution in [0.4, 0.5) is 5.82 Å². The summed E-state index contributed by atoms with van der Waals surface area (Å²) in [5.74, 6) is 1.07. The SMILES string of the molecule is Cc1nc(Cl)c(C=O)c(NC2CCOCC2)n1. The second kappa shape index (κ2) is 5.42. The molecule has 17 heavy (non-hydrogen) atoms. The third kappa shape index (κ3) is 2.92. The van der Waals surface area contributed by atoms with Gasteiger partial charge in [0.1, 0.15) is 16.8 Å². The van der Waals surface area contributed by atoms with Crippen molar-refractivity contribution in [3.8, 4) is 0 Å². The van der Waals surface area contributed by atoms with Crippen molar-refractivity contribution in [1.29, 1.82) is 0 Å². The highest BCUT2D eigenvalue weighted by molar-refractivity contribution is 6.32. The molecule has 1 aliphatic rings. The van der Waals surface area contributed by atoms with Crippen molar-refractivity contribution in [3.05, 3.63) is 16.5 Å². The third-order valence-corrected chi connectivity index (χ3v) is 2.98. The number of nitrogens with one attached hydrogen (secondary N) is 1. The lowest BCUT2D eigenvalue weighted by Gasteiger charge is -2.24. The van der Waals surface area contributed by atoms with Crippen LogP contribution in [0.2, 0.25) is 5.15 Å². The Morgan fingerprint density at radius 3 is 2.76 bits per heavy atom. The van der Waals surface area contributed by atoms with Crippen LogP contribution in [0, 0.1) is 6.92 Å². The molecule has 0 atom stereocenters. The molecule has 1 aromatic rings. The van der Waals surface area contributed by atoms with E-state index in [-0.39, 0.29) is 11.2 Å². The number of ether oxygens (including phenoxy) is 1. The summed E-state index contributed by atoms with van der Waals surface area (Å²) in [6.07, 6.45) is 2.49. The maximum Gasteiger partial charge on any atom is 0.156 e. The molecule has 6 heteroatoms. The molecule has 1 aromatic heterocycles. The minimum absolute atomic E-state index is 0.196. The van der Waals surface area contributed by atoms with Gasteiger partial charge in [-0.3, -0.25) is 4.79 Å². The van der Waals surface area contributed by atoms with E-state index in [0.29, 0.717) is 23.5 Å². The summed E-state index contributed by atoms with van der Waals surface area (Å²) in [4.78, 5) is 19.1. The summed E-state index contributed by atoms with van der Waals surface area (Å²) in [6.45, 7) is 3.20. The number of hydrogen-bond acceptors (Lipinski definition) is 5. The number of rotatable bonds is 3. The lowest BCUT2D eigenvalue weighted by Crippen LogP contribution is -2.29. The minimum Gasteiger partial charge on any atom is -0.381 e. The zero-order valence-corrected chi connectivity index (χ0v) is 10.3. The van der Waals surface area contributed by atoms with Gasteiger partial charge in [0.2, 0.25) is 0 Å². The van der Waals surface area contributed by atoms with Gasteiger partial charge >= 0.3 is 0 Å². The summed E-state index contributed by atoms with van der Waals surface area (Å²) in [6, 6.07) is 0.271. The zero-order chi connectivity index (χ0) is 12.3. The number of aldehydes is 1. The normalized spacial score (nSPS) is 16.8. The van der Waals surface area contributed by atoms with E-state index in [0.717, 1.165) is 26.1 Å². The zero-order valence-electron chi connectivity index (χ0n) is 9.57. The fourth-order valence-electron chi connectivity index (χ4n) is 1.80.